The quantitative estimate of drug-likeness (QED) is 0.293. The van der Waals surface area contributed by atoms with Gasteiger partial charge in [-0.1, -0.05) is 48.5 Å². The van der Waals surface area contributed by atoms with E-state index in [1.165, 1.54) is 11.4 Å². The lowest BCUT2D eigenvalue weighted by Gasteiger charge is -2.35. The predicted octanol–water partition coefficient (Wildman–Crippen LogP) is 4.69. The van der Waals surface area contributed by atoms with Crippen LogP contribution in [-0.4, -0.2) is 76.3 Å². The number of aromatic nitrogens is 2. The van der Waals surface area contributed by atoms with Crippen molar-refractivity contribution in [3.8, 4) is 0 Å². The molecule has 1 aliphatic heterocycles. The summed E-state index contributed by atoms with van der Waals surface area (Å²) in [4.78, 5) is 35.8. The molecule has 0 saturated carbocycles. The molecule has 5 rings (SSSR count). The van der Waals surface area contributed by atoms with Crippen molar-refractivity contribution < 1.29 is 19.8 Å². The minimum atomic E-state index is -1.26. The number of fused-ring (bicyclic) bond motifs is 1. The van der Waals surface area contributed by atoms with Crippen molar-refractivity contribution in [3.05, 3.63) is 103 Å². The zero-order valence-corrected chi connectivity index (χ0v) is 22.2. The van der Waals surface area contributed by atoms with E-state index in [0.717, 1.165) is 62.5 Å². The number of nitrogens with zero attached hydrogens (tertiary/aromatic N) is 5. The molecule has 4 aromatic rings. The molecule has 9 heteroatoms. The van der Waals surface area contributed by atoms with E-state index in [-0.39, 0.29) is 0 Å². The van der Waals surface area contributed by atoms with Gasteiger partial charge in [0, 0.05) is 56.3 Å². The Balaban J connectivity index is 0.000000406. The number of rotatable bonds is 9. The van der Waals surface area contributed by atoms with E-state index in [4.69, 9.17) is 15.2 Å². The predicted molar refractivity (Wildman–Crippen MR) is 157 cm³/mol. The number of carbonyl (C=O) groups is 2. The van der Waals surface area contributed by atoms with Gasteiger partial charge in [0.1, 0.15) is 5.82 Å². The number of carboxylic acids is 2. The summed E-state index contributed by atoms with van der Waals surface area (Å²) in [6.45, 7) is 6.22. The van der Waals surface area contributed by atoms with Crippen LogP contribution >= 0.6 is 0 Å². The minimum absolute atomic E-state index is 0.558. The van der Waals surface area contributed by atoms with Gasteiger partial charge in [-0.25, -0.2) is 14.6 Å². The number of piperazine rings is 1. The molecule has 0 amide bonds. The molecule has 3 aromatic carbocycles. The maximum atomic E-state index is 9.55. The van der Waals surface area contributed by atoms with Gasteiger partial charge >= 0.3 is 11.9 Å². The van der Waals surface area contributed by atoms with Gasteiger partial charge in [0.25, 0.3) is 0 Å². The lowest BCUT2D eigenvalue weighted by molar-refractivity contribution is -0.134. The van der Waals surface area contributed by atoms with Crippen LogP contribution in [0.15, 0.2) is 103 Å². The Morgan fingerprint density at radius 3 is 1.82 bits per heavy atom. The fourth-order valence-electron chi connectivity index (χ4n) is 4.52. The third-order valence-corrected chi connectivity index (χ3v) is 6.49. The largest absolute Gasteiger partial charge is 0.478 e. The summed E-state index contributed by atoms with van der Waals surface area (Å²) in [7, 11) is 0. The maximum Gasteiger partial charge on any atom is 0.328 e. The Kier molecular flexibility index (Phi) is 10.2. The lowest BCUT2D eigenvalue weighted by Crippen LogP contribution is -2.47. The highest BCUT2D eigenvalue weighted by atomic mass is 16.4. The van der Waals surface area contributed by atoms with Gasteiger partial charge in [-0.2, -0.15) is 0 Å². The van der Waals surface area contributed by atoms with E-state index < -0.39 is 11.9 Å². The number of anilines is 3. The monoisotopic (exact) mass is 539 g/mol. The molecule has 0 aliphatic carbocycles. The molecule has 40 heavy (non-hydrogen) atoms. The molecule has 206 valence electrons. The van der Waals surface area contributed by atoms with Crippen LogP contribution in [0.25, 0.3) is 11.0 Å². The van der Waals surface area contributed by atoms with Gasteiger partial charge in [-0.05, 0) is 49.4 Å². The highest BCUT2D eigenvalue weighted by molar-refractivity contribution is 5.89. The Labute approximate surface area is 233 Å². The first-order valence-corrected chi connectivity index (χ1v) is 13.2. The number of hydrogen-bond acceptors (Lipinski definition) is 7. The molecule has 2 heterocycles. The topological polar surface area (TPSA) is 110 Å². The van der Waals surface area contributed by atoms with E-state index in [1.807, 2.05) is 30.5 Å². The average Bonchev–Trinajstić information content (AvgIpc) is 2.99. The highest BCUT2D eigenvalue weighted by Crippen LogP contribution is 2.25. The fourth-order valence-corrected chi connectivity index (χ4v) is 4.52. The van der Waals surface area contributed by atoms with Crippen LogP contribution in [0, 0.1) is 0 Å². The standard InChI is InChI=1S/C27H29N5.C4H4O4/c1-3-10-23(11-4-1)32(24-12-5-2-6-13-24)17-9-16-30-18-20-31(21-19-30)27-22-28-25-14-7-8-15-26(25)29-27;5-3(6)1-2-4(7)8/h1-8,10-15,22H,9,16-21H2;1-2H,(H,5,6)(H,7,8). The molecule has 0 atom stereocenters. The van der Waals surface area contributed by atoms with Crippen molar-refractivity contribution in [3.63, 3.8) is 0 Å². The number of aliphatic carboxylic acids is 2. The summed E-state index contributed by atoms with van der Waals surface area (Å²) >= 11 is 0. The van der Waals surface area contributed by atoms with Gasteiger partial charge < -0.3 is 20.0 Å². The van der Waals surface area contributed by atoms with E-state index in [0.29, 0.717) is 12.2 Å². The van der Waals surface area contributed by atoms with Crippen molar-refractivity contribution in [2.24, 2.45) is 0 Å². The number of hydrogen-bond donors (Lipinski definition) is 2. The molecule has 0 radical (unpaired) electrons. The number of carboxylic acid groups (broad SMARTS) is 2. The SMILES string of the molecule is O=C(O)C=CC(=O)O.c1ccc(N(CCCN2CCN(c3cnc4ccccc4n3)CC2)c2ccccc2)cc1. The van der Waals surface area contributed by atoms with Crippen LogP contribution in [0.3, 0.4) is 0 Å². The zero-order chi connectivity index (χ0) is 28.2. The smallest absolute Gasteiger partial charge is 0.328 e. The third-order valence-electron chi connectivity index (χ3n) is 6.49. The Bertz CT molecular complexity index is 1350. The molecule has 9 nitrogen and oxygen atoms in total. The van der Waals surface area contributed by atoms with E-state index in [2.05, 4.69) is 80.3 Å². The van der Waals surface area contributed by atoms with Crippen LogP contribution in [-0.2, 0) is 9.59 Å². The molecule has 0 unspecified atom stereocenters. The Morgan fingerprint density at radius 1 is 0.750 bits per heavy atom. The van der Waals surface area contributed by atoms with Gasteiger partial charge in [0.05, 0.1) is 17.2 Å². The summed E-state index contributed by atoms with van der Waals surface area (Å²) in [5.74, 6) is -1.53. The first-order valence-electron chi connectivity index (χ1n) is 13.2. The van der Waals surface area contributed by atoms with Crippen LogP contribution in [0.4, 0.5) is 17.2 Å². The molecule has 1 fully saturated rings. The summed E-state index contributed by atoms with van der Waals surface area (Å²) in [6, 6.07) is 29.4. The molecule has 1 aliphatic rings. The summed E-state index contributed by atoms with van der Waals surface area (Å²) in [5, 5.41) is 15.6. The van der Waals surface area contributed by atoms with Gasteiger partial charge in [-0.3, -0.25) is 9.88 Å². The molecule has 1 aromatic heterocycles. The second-order valence-corrected chi connectivity index (χ2v) is 9.23. The zero-order valence-electron chi connectivity index (χ0n) is 22.2. The van der Waals surface area contributed by atoms with Crippen LogP contribution in [0.5, 0.6) is 0 Å². The van der Waals surface area contributed by atoms with Crippen molar-refractivity contribution in [1.29, 1.82) is 0 Å². The second-order valence-electron chi connectivity index (χ2n) is 9.23. The van der Waals surface area contributed by atoms with Crippen molar-refractivity contribution >= 4 is 40.2 Å². The highest BCUT2D eigenvalue weighted by Gasteiger charge is 2.19. The summed E-state index contributed by atoms with van der Waals surface area (Å²) in [5.41, 5.74) is 4.42. The average molecular weight is 540 g/mol. The summed E-state index contributed by atoms with van der Waals surface area (Å²) < 4.78 is 0. The molecule has 1 saturated heterocycles. The normalized spacial score (nSPS) is 13.6. The summed E-state index contributed by atoms with van der Waals surface area (Å²) in [6.07, 6.45) is 4.15. The van der Waals surface area contributed by atoms with Gasteiger partial charge in [0.15, 0.2) is 0 Å². The first kappa shape index (κ1) is 28.3. The molecule has 0 bridgehead atoms. The second kappa shape index (κ2) is 14.4. The molecule has 0 spiro atoms. The Hall–Kier alpha value is -4.76. The van der Waals surface area contributed by atoms with Gasteiger partial charge in [0.2, 0.25) is 0 Å². The minimum Gasteiger partial charge on any atom is -0.478 e. The van der Waals surface area contributed by atoms with Crippen LogP contribution < -0.4 is 9.80 Å². The van der Waals surface area contributed by atoms with E-state index in [1.54, 1.807) is 0 Å². The molecule has 2 N–H and O–H groups in total. The third kappa shape index (κ3) is 8.37. The molecular formula is C31H33N5O4. The fraction of sp³-hybridized carbons (Fsp3) is 0.226. The van der Waals surface area contributed by atoms with Crippen LogP contribution in [0.1, 0.15) is 6.42 Å². The van der Waals surface area contributed by atoms with Gasteiger partial charge in [-0.15, -0.1) is 0 Å². The lowest BCUT2D eigenvalue weighted by atomic mass is 10.2. The van der Waals surface area contributed by atoms with Crippen molar-refractivity contribution in [1.82, 2.24) is 14.9 Å². The first-order chi connectivity index (χ1) is 19.5. The number of benzene rings is 3. The van der Waals surface area contributed by atoms with E-state index in [9.17, 15) is 9.59 Å². The maximum absolute atomic E-state index is 9.55. The van der Waals surface area contributed by atoms with Crippen molar-refractivity contribution in [2.45, 2.75) is 6.42 Å². The van der Waals surface area contributed by atoms with E-state index >= 15 is 0 Å². The Morgan fingerprint density at radius 2 is 1.27 bits per heavy atom. The molecular weight excluding hydrogens is 506 g/mol. The number of para-hydroxylation sites is 4. The van der Waals surface area contributed by atoms with Crippen LogP contribution in [0.2, 0.25) is 0 Å². The van der Waals surface area contributed by atoms with Crippen molar-refractivity contribution in [2.75, 3.05) is 49.1 Å².